The SMILES string of the molecule is O=C1C[C@H](c2cccc(F)c2)CN1Cc1ccncc1. The molecule has 1 aromatic heterocycles. The second kappa shape index (κ2) is 5.41. The first-order valence-corrected chi connectivity index (χ1v) is 6.64. The molecular formula is C16H15FN2O. The van der Waals surface area contributed by atoms with Crippen LogP contribution < -0.4 is 0 Å². The van der Waals surface area contributed by atoms with Gasteiger partial charge < -0.3 is 4.90 Å². The lowest BCUT2D eigenvalue weighted by Crippen LogP contribution is -2.24. The average molecular weight is 270 g/mol. The van der Waals surface area contributed by atoms with E-state index in [0.717, 1.165) is 11.1 Å². The molecule has 1 saturated heterocycles. The maximum atomic E-state index is 13.3. The van der Waals surface area contributed by atoms with E-state index in [-0.39, 0.29) is 17.6 Å². The van der Waals surface area contributed by atoms with E-state index in [4.69, 9.17) is 0 Å². The van der Waals surface area contributed by atoms with Crippen molar-refractivity contribution >= 4 is 5.91 Å². The van der Waals surface area contributed by atoms with E-state index in [1.807, 2.05) is 23.1 Å². The van der Waals surface area contributed by atoms with Crippen LogP contribution in [0, 0.1) is 5.82 Å². The molecule has 1 aliphatic rings. The highest BCUT2D eigenvalue weighted by Crippen LogP contribution is 2.29. The molecule has 0 aliphatic carbocycles. The summed E-state index contributed by atoms with van der Waals surface area (Å²) in [5.74, 6) is -0.0429. The van der Waals surface area contributed by atoms with Crippen molar-refractivity contribution < 1.29 is 9.18 Å². The smallest absolute Gasteiger partial charge is 0.223 e. The molecule has 0 bridgehead atoms. The molecular weight excluding hydrogens is 255 g/mol. The Balaban J connectivity index is 1.72. The van der Waals surface area contributed by atoms with E-state index in [1.165, 1.54) is 12.1 Å². The largest absolute Gasteiger partial charge is 0.338 e. The van der Waals surface area contributed by atoms with Gasteiger partial charge in [0, 0.05) is 37.8 Å². The molecule has 0 saturated carbocycles. The van der Waals surface area contributed by atoms with Gasteiger partial charge in [-0.1, -0.05) is 12.1 Å². The first-order valence-electron chi connectivity index (χ1n) is 6.64. The third-order valence-corrected chi connectivity index (χ3v) is 3.66. The number of pyridine rings is 1. The molecule has 0 unspecified atom stereocenters. The molecule has 1 aliphatic heterocycles. The lowest BCUT2D eigenvalue weighted by molar-refractivity contribution is -0.128. The van der Waals surface area contributed by atoms with Gasteiger partial charge in [0.2, 0.25) is 5.91 Å². The molecule has 20 heavy (non-hydrogen) atoms. The van der Waals surface area contributed by atoms with Crippen LogP contribution in [-0.2, 0) is 11.3 Å². The number of hydrogen-bond donors (Lipinski definition) is 0. The van der Waals surface area contributed by atoms with Gasteiger partial charge in [0.25, 0.3) is 0 Å². The number of likely N-dealkylation sites (tertiary alicyclic amines) is 1. The van der Waals surface area contributed by atoms with Crippen molar-refractivity contribution in [3.63, 3.8) is 0 Å². The molecule has 1 fully saturated rings. The van der Waals surface area contributed by atoms with Crippen LogP contribution in [0.5, 0.6) is 0 Å². The van der Waals surface area contributed by atoms with Crippen LogP contribution in [0.15, 0.2) is 48.8 Å². The monoisotopic (exact) mass is 270 g/mol. The van der Waals surface area contributed by atoms with Crippen LogP contribution in [0.4, 0.5) is 4.39 Å². The van der Waals surface area contributed by atoms with Gasteiger partial charge in [0.05, 0.1) is 0 Å². The Bertz CT molecular complexity index is 615. The molecule has 3 nitrogen and oxygen atoms in total. The summed E-state index contributed by atoms with van der Waals surface area (Å²) in [5.41, 5.74) is 1.96. The van der Waals surface area contributed by atoms with E-state index in [2.05, 4.69) is 4.98 Å². The molecule has 2 aromatic rings. The third kappa shape index (κ3) is 2.69. The van der Waals surface area contributed by atoms with Gasteiger partial charge >= 0.3 is 0 Å². The highest BCUT2D eigenvalue weighted by atomic mass is 19.1. The van der Waals surface area contributed by atoms with Crippen molar-refractivity contribution in [2.75, 3.05) is 6.54 Å². The van der Waals surface area contributed by atoms with E-state index in [9.17, 15) is 9.18 Å². The standard InChI is InChI=1S/C16H15FN2O/c17-15-3-1-2-13(8-15)14-9-16(20)19(11-14)10-12-4-6-18-7-5-12/h1-8,14H,9-11H2/t14-/m0/s1. The summed E-state index contributed by atoms with van der Waals surface area (Å²) < 4.78 is 13.3. The fraction of sp³-hybridized carbons (Fsp3) is 0.250. The quantitative estimate of drug-likeness (QED) is 0.859. The number of carbonyl (C=O) groups is 1. The highest BCUT2D eigenvalue weighted by molar-refractivity contribution is 5.79. The Morgan fingerprint density at radius 2 is 2.05 bits per heavy atom. The third-order valence-electron chi connectivity index (χ3n) is 3.66. The van der Waals surface area contributed by atoms with Crippen molar-refractivity contribution in [2.24, 2.45) is 0 Å². The average Bonchev–Trinajstić information content (AvgIpc) is 2.81. The summed E-state index contributed by atoms with van der Waals surface area (Å²) in [5, 5.41) is 0. The van der Waals surface area contributed by atoms with E-state index in [1.54, 1.807) is 18.5 Å². The van der Waals surface area contributed by atoms with Crippen LogP contribution in [0.3, 0.4) is 0 Å². The predicted molar refractivity (Wildman–Crippen MR) is 73.4 cm³/mol. The van der Waals surface area contributed by atoms with Crippen molar-refractivity contribution in [2.45, 2.75) is 18.9 Å². The normalized spacial score (nSPS) is 18.6. The Kier molecular flexibility index (Phi) is 3.46. The number of rotatable bonds is 3. The number of amides is 1. The lowest BCUT2D eigenvalue weighted by atomic mass is 9.98. The molecule has 3 rings (SSSR count). The highest BCUT2D eigenvalue weighted by Gasteiger charge is 2.30. The number of carbonyl (C=O) groups excluding carboxylic acids is 1. The Labute approximate surface area is 117 Å². The lowest BCUT2D eigenvalue weighted by Gasteiger charge is -2.16. The first-order chi connectivity index (χ1) is 9.72. The fourth-order valence-corrected chi connectivity index (χ4v) is 2.62. The van der Waals surface area contributed by atoms with Crippen molar-refractivity contribution in [1.29, 1.82) is 0 Å². The number of halogens is 1. The topological polar surface area (TPSA) is 33.2 Å². The molecule has 0 N–H and O–H groups in total. The van der Waals surface area contributed by atoms with Crippen LogP contribution in [0.25, 0.3) is 0 Å². The van der Waals surface area contributed by atoms with Gasteiger partial charge in [0.15, 0.2) is 0 Å². The minimum atomic E-state index is -0.248. The number of aromatic nitrogens is 1. The molecule has 0 radical (unpaired) electrons. The molecule has 1 atom stereocenters. The molecule has 1 aromatic carbocycles. The maximum Gasteiger partial charge on any atom is 0.223 e. The van der Waals surface area contributed by atoms with Gasteiger partial charge in [-0.2, -0.15) is 0 Å². The maximum absolute atomic E-state index is 13.3. The first kappa shape index (κ1) is 12.8. The van der Waals surface area contributed by atoms with Gasteiger partial charge in [-0.3, -0.25) is 9.78 Å². The zero-order valence-corrected chi connectivity index (χ0v) is 11.0. The summed E-state index contributed by atoms with van der Waals surface area (Å²) in [4.78, 5) is 17.9. The van der Waals surface area contributed by atoms with Gasteiger partial charge in [-0.25, -0.2) is 4.39 Å². The predicted octanol–water partition coefficient (Wildman–Crippen LogP) is 2.74. The molecule has 0 spiro atoms. The van der Waals surface area contributed by atoms with Crippen LogP contribution in [-0.4, -0.2) is 22.3 Å². The minimum absolute atomic E-state index is 0.0834. The Morgan fingerprint density at radius 1 is 1.25 bits per heavy atom. The van der Waals surface area contributed by atoms with Gasteiger partial charge in [-0.05, 0) is 35.4 Å². The summed E-state index contributed by atoms with van der Waals surface area (Å²) >= 11 is 0. The van der Waals surface area contributed by atoms with Crippen LogP contribution in [0.2, 0.25) is 0 Å². The molecule has 2 heterocycles. The van der Waals surface area contributed by atoms with Crippen molar-refractivity contribution in [3.05, 3.63) is 65.7 Å². The Hall–Kier alpha value is -2.23. The van der Waals surface area contributed by atoms with Gasteiger partial charge in [0.1, 0.15) is 5.82 Å². The zero-order chi connectivity index (χ0) is 13.9. The van der Waals surface area contributed by atoms with Crippen molar-refractivity contribution in [1.82, 2.24) is 9.88 Å². The Morgan fingerprint density at radius 3 is 2.80 bits per heavy atom. The number of hydrogen-bond acceptors (Lipinski definition) is 2. The summed E-state index contributed by atoms with van der Waals surface area (Å²) in [6.07, 6.45) is 3.90. The van der Waals surface area contributed by atoms with E-state index < -0.39 is 0 Å². The van der Waals surface area contributed by atoms with Crippen molar-refractivity contribution in [3.8, 4) is 0 Å². The molecule has 102 valence electrons. The summed E-state index contributed by atoms with van der Waals surface area (Å²) in [6.45, 7) is 1.23. The number of nitrogens with zero attached hydrogens (tertiary/aromatic N) is 2. The summed E-state index contributed by atoms with van der Waals surface area (Å²) in [6, 6.07) is 10.3. The van der Waals surface area contributed by atoms with Crippen LogP contribution >= 0.6 is 0 Å². The molecule has 1 amide bonds. The summed E-state index contributed by atoms with van der Waals surface area (Å²) in [7, 11) is 0. The van der Waals surface area contributed by atoms with E-state index in [0.29, 0.717) is 19.5 Å². The second-order valence-corrected chi connectivity index (χ2v) is 5.09. The fourth-order valence-electron chi connectivity index (χ4n) is 2.62. The molecule has 4 heteroatoms. The van der Waals surface area contributed by atoms with E-state index >= 15 is 0 Å². The second-order valence-electron chi connectivity index (χ2n) is 5.09. The van der Waals surface area contributed by atoms with Gasteiger partial charge in [-0.15, -0.1) is 0 Å². The minimum Gasteiger partial charge on any atom is -0.338 e. The number of benzene rings is 1. The van der Waals surface area contributed by atoms with Crippen LogP contribution in [0.1, 0.15) is 23.5 Å². The zero-order valence-electron chi connectivity index (χ0n) is 11.0.